The van der Waals surface area contributed by atoms with E-state index in [0.717, 1.165) is 11.3 Å². The molecule has 102 valence electrons. The second kappa shape index (κ2) is 6.99. The van der Waals surface area contributed by atoms with E-state index in [0.29, 0.717) is 24.0 Å². The third kappa shape index (κ3) is 4.49. The molecule has 0 aliphatic rings. The minimum atomic E-state index is -3.24. The molecule has 1 rings (SSSR count). The van der Waals surface area contributed by atoms with Gasteiger partial charge in [-0.3, -0.25) is 4.72 Å². The minimum Gasteiger partial charge on any atom is -0.494 e. The third-order valence-corrected chi connectivity index (χ3v) is 4.35. The van der Waals surface area contributed by atoms with Crippen molar-refractivity contribution in [3.05, 3.63) is 23.8 Å². The van der Waals surface area contributed by atoms with Gasteiger partial charge in [0.05, 0.1) is 12.4 Å². The van der Waals surface area contributed by atoms with Crippen LogP contribution in [0, 0.1) is 0 Å². The Morgan fingerprint density at radius 1 is 1.33 bits per heavy atom. The van der Waals surface area contributed by atoms with Crippen LogP contribution in [0.4, 0.5) is 5.69 Å². The highest BCUT2D eigenvalue weighted by Crippen LogP contribution is 2.25. The maximum atomic E-state index is 11.7. The summed E-state index contributed by atoms with van der Waals surface area (Å²) >= 11 is 3.37. The van der Waals surface area contributed by atoms with Crippen molar-refractivity contribution < 1.29 is 13.2 Å². The molecule has 6 heteroatoms. The highest BCUT2D eigenvalue weighted by Gasteiger charge is 2.10. The molecule has 1 aromatic carbocycles. The number of sulfonamides is 1. The van der Waals surface area contributed by atoms with E-state index in [4.69, 9.17) is 4.74 Å². The number of hydrogen-bond acceptors (Lipinski definition) is 3. The Morgan fingerprint density at radius 2 is 2.06 bits per heavy atom. The highest BCUT2D eigenvalue weighted by molar-refractivity contribution is 9.08. The molecule has 1 N–H and O–H groups in total. The van der Waals surface area contributed by atoms with Gasteiger partial charge >= 0.3 is 0 Å². The van der Waals surface area contributed by atoms with Crippen molar-refractivity contribution in [2.24, 2.45) is 0 Å². The van der Waals surface area contributed by atoms with E-state index in [-0.39, 0.29) is 5.75 Å². The van der Waals surface area contributed by atoms with Crippen LogP contribution in [-0.2, 0) is 15.4 Å². The van der Waals surface area contributed by atoms with Gasteiger partial charge in [0.25, 0.3) is 0 Å². The summed E-state index contributed by atoms with van der Waals surface area (Å²) in [7, 11) is -3.24. The van der Waals surface area contributed by atoms with Crippen molar-refractivity contribution in [2.45, 2.75) is 25.6 Å². The molecule has 0 fully saturated rings. The Labute approximate surface area is 117 Å². The molecule has 0 unspecified atom stereocenters. The lowest BCUT2D eigenvalue weighted by Crippen LogP contribution is -2.16. The fraction of sp³-hybridized carbons (Fsp3) is 0.500. The van der Waals surface area contributed by atoms with Crippen LogP contribution in [0.5, 0.6) is 5.75 Å². The van der Waals surface area contributed by atoms with Crippen molar-refractivity contribution in [3.63, 3.8) is 0 Å². The van der Waals surface area contributed by atoms with Gasteiger partial charge in [-0.05, 0) is 31.5 Å². The average molecular weight is 336 g/mol. The molecular formula is C12H18BrNO3S. The van der Waals surface area contributed by atoms with Crippen molar-refractivity contribution in [3.8, 4) is 5.75 Å². The van der Waals surface area contributed by atoms with Gasteiger partial charge in [0, 0.05) is 16.6 Å². The first-order chi connectivity index (χ1) is 8.52. The molecule has 0 amide bonds. The zero-order valence-electron chi connectivity index (χ0n) is 10.6. The van der Waals surface area contributed by atoms with Gasteiger partial charge in [-0.1, -0.05) is 22.9 Å². The molecule has 0 aliphatic heterocycles. The summed E-state index contributed by atoms with van der Waals surface area (Å²) in [5, 5.41) is 0.617. The fourth-order valence-electron chi connectivity index (χ4n) is 1.54. The number of rotatable bonds is 7. The van der Waals surface area contributed by atoms with Gasteiger partial charge in [-0.25, -0.2) is 8.42 Å². The molecule has 0 atom stereocenters. The van der Waals surface area contributed by atoms with E-state index in [9.17, 15) is 8.42 Å². The van der Waals surface area contributed by atoms with E-state index in [1.54, 1.807) is 18.2 Å². The highest BCUT2D eigenvalue weighted by atomic mass is 79.9. The van der Waals surface area contributed by atoms with Gasteiger partial charge in [-0.15, -0.1) is 0 Å². The number of alkyl halides is 1. The lowest BCUT2D eigenvalue weighted by molar-refractivity contribution is 0.338. The zero-order chi connectivity index (χ0) is 13.6. The standard InChI is InChI=1S/C12H18BrNO3S/c1-3-7-18(15,16)14-11-5-6-12(17-4-2)10(8-11)9-13/h5-6,8,14H,3-4,7,9H2,1-2H3. The molecule has 0 bridgehead atoms. The van der Waals surface area contributed by atoms with Gasteiger partial charge in [0.15, 0.2) is 0 Å². The number of halogens is 1. The molecular weight excluding hydrogens is 318 g/mol. The van der Waals surface area contributed by atoms with Crippen molar-refractivity contribution >= 4 is 31.6 Å². The maximum absolute atomic E-state index is 11.7. The normalized spacial score (nSPS) is 11.3. The van der Waals surface area contributed by atoms with Crippen LogP contribution in [-0.4, -0.2) is 20.8 Å². The predicted octanol–water partition coefficient (Wildman–Crippen LogP) is 3.13. The quantitative estimate of drug-likeness (QED) is 0.779. The minimum absolute atomic E-state index is 0.129. The molecule has 0 aliphatic carbocycles. The number of hydrogen-bond donors (Lipinski definition) is 1. The summed E-state index contributed by atoms with van der Waals surface area (Å²) in [5.41, 5.74) is 1.50. The monoisotopic (exact) mass is 335 g/mol. The summed E-state index contributed by atoms with van der Waals surface area (Å²) in [6.45, 7) is 4.33. The topological polar surface area (TPSA) is 55.4 Å². The van der Waals surface area contributed by atoms with Crippen LogP contribution in [0.2, 0.25) is 0 Å². The molecule has 0 radical (unpaired) electrons. The first kappa shape index (κ1) is 15.3. The summed E-state index contributed by atoms with van der Waals surface area (Å²) in [4.78, 5) is 0. The number of ether oxygens (including phenoxy) is 1. The number of nitrogens with one attached hydrogen (secondary N) is 1. The summed E-state index contributed by atoms with van der Waals surface area (Å²) in [6.07, 6.45) is 0.595. The van der Waals surface area contributed by atoms with Gasteiger partial charge in [0.2, 0.25) is 10.0 Å². The Bertz CT molecular complexity index is 488. The molecule has 0 aromatic heterocycles. The van der Waals surface area contributed by atoms with E-state index < -0.39 is 10.0 Å². The fourth-order valence-corrected chi connectivity index (χ4v) is 3.11. The second-order valence-corrected chi connectivity index (χ2v) is 6.21. The van der Waals surface area contributed by atoms with Crippen LogP contribution in [0.15, 0.2) is 18.2 Å². The average Bonchev–Trinajstić information content (AvgIpc) is 2.30. The zero-order valence-corrected chi connectivity index (χ0v) is 13.0. The van der Waals surface area contributed by atoms with Crippen LogP contribution in [0.3, 0.4) is 0 Å². The Balaban J connectivity index is 2.92. The van der Waals surface area contributed by atoms with Gasteiger partial charge in [0.1, 0.15) is 5.75 Å². The van der Waals surface area contributed by atoms with E-state index in [1.165, 1.54) is 0 Å². The largest absolute Gasteiger partial charge is 0.494 e. The molecule has 0 saturated carbocycles. The molecule has 0 saturated heterocycles. The summed E-state index contributed by atoms with van der Waals surface area (Å²) in [5.74, 6) is 0.900. The molecule has 4 nitrogen and oxygen atoms in total. The predicted molar refractivity (Wildman–Crippen MR) is 77.9 cm³/mol. The first-order valence-electron chi connectivity index (χ1n) is 5.84. The molecule has 0 spiro atoms. The second-order valence-electron chi connectivity index (χ2n) is 3.81. The van der Waals surface area contributed by atoms with Crippen molar-refractivity contribution in [2.75, 3.05) is 17.1 Å². The van der Waals surface area contributed by atoms with Crippen LogP contribution in [0.1, 0.15) is 25.8 Å². The van der Waals surface area contributed by atoms with Crippen molar-refractivity contribution in [1.82, 2.24) is 0 Å². The lowest BCUT2D eigenvalue weighted by atomic mass is 10.2. The van der Waals surface area contributed by atoms with E-state index in [2.05, 4.69) is 20.7 Å². The summed E-state index contributed by atoms with van der Waals surface area (Å²) in [6, 6.07) is 5.28. The lowest BCUT2D eigenvalue weighted by Gasteiger charge is -2.12. The Morgan fingerprint density at radius 3 is 2.61 bits per heavy atom. The Kier molecular flexibility index (Phi) is 5.95. The molecule has 18 heavy (non-hydrogen) atoms. The first-order valence-corrected chi connectivity index (χ1v) is 8.62. The molecule has 1 aromatic rings. The Hall–Kier alpha value is -0.750. The maximum Gasteiger partial charge on any atom is 0.232 e. The van der Waals surface area contributed by atoms with Crippen LogP contribution >= 0.6 is 15.9 Å². The number of benzene rings is 1. The van der Waals surface area contributed by atoms with E-state index >= 15 is 0 Å². The van der Waals surface area contributed by atoms with Gasteiger partial charge in [-0.2, -0.15) is 0 Å². The van der Waals surface area contributed by atoms with E-state index in [1.807, 2.05) is 13.8 Å². The molecule has 0 heterocycles. The van der Waals surface area contributed by atoms with Gasteiger partial charge < -0.3 is 4.74 Å². The smallest absolute Gasteiger partial charge is 0.232 e. The number of anilines is 1. The van der Waals surface area contributed by atoms with Crippen LogP contribution < -0.4 is 9.46 Å². The van der Waals surface area contributed by atoms with Crippen LogP contribution in [0.25, 0.3) is 0 Å². The summed E-state index contributed by atoms with van der Waals surface area (Å²) < 4.78 is 31.3. The SMILES string of the molecule is CCCS(=O)(=O)Nc1ccc(OCC)c(CBr)c1. The van der Waals surface area contributed by atoms with Crippen molar-refractivity contribution in [1.29, 1.82) is 0 Å². The third-order valence-electron chi connectivity index (χ3n) is 2.25.